The molecular formula is C12H21NO3. The predicted octanol–water partition coefficient (Wildman–Crippen LogP) is 1.35. The van der Waals surface area contributed by atoms with Gasteiger partial charge >= 0.3 is 5.97 Å². The molecule has 4 nitrogen and oxygen atoms in total. The molecule has 16 heavy (non-hydrogen) atoms. The summed E-state index contributed by atoms with van der Waals surface area (Å²) in [6.45, 7) is 5.67. The second-order valence-corrected chi connectivity index (χ2v) is 5.18. The molecule has 1 heterocycles. The van der Waals surface area contributed by atoms with E-state index in [1.807, 2.05) is 0 Å². The van der Waals surface area contributed by atoms with E-state index in [-0.39, 0.29) is 5.41 Å². The average Bonchev–Trinajstić information content (AvgIpc) is 2.97. The van der Waals surface area contributed by atoms with E-state index in [9.17, 15) is 4.79 Å². The summed E-state index contributed by atoms with van der Waals surface area (Å²) in [4.78, 5) is 13.2. The van der Waals surface area contributed by atoms with Gasteiger partial charge in [0.1, 0.15) is 0 Å². The monoisotopic (exact) mass is 227 g/mol. The Hall–Kier alpha value is -0.610. The summed E-state index contributed by atoms with van der Waals surface area (Å²) in [6, 6.07) is 0.486. The smallest absolute Gasteiger partial charge is 0.303 e. The van der Waals surface area contributed by atoms with E-state index in [1.165, 1.54) is 0 Å². The summed E-state index contributed by atoms with van der Waals surface area (Å²) >= 11 is 0. The highest BCUT2D eigenvalue weighted by atomic mass is 16.5. The van der Waals surface area contributed by atoms with Crippen molar-refractivity contribution in [2.45, 2.75) is 38.6 Å². The van der Waals surface area contributed by atoms with Crippen molar-refractivity contribution in [3.05, 3.63) is 0 Å². The predicted molar refractivity (Wildman–Crippen MR) is 60.4 cm³/mol. The Morgan fingerprint density at radius 2 is 2.31 bits per heavy atom. The Morgan fingerprint density at radius 3 is 2.88 bits per heavy atom. The van der Waals surface area contributed by atoms with Crippen LogP contribution < -0.4 is 0 Å². The second kappa shape index (κ2) is 4.72. The molecule has 2 rings (SSSR count). The fourth-order valence-corrected chi connectivity index (χ4v) is 2.59. The van der Waals surface area contributed by atoms with Gasteiger partial charge in [-0.2, -0.15) is 0 Å². The third kappa shape index (κ3) is 2.74. The molecule has 0 amide bonds. The lowest BCUT2D eigenvalue weighted by Crippen LogP contribution is -2.47. The summed E-state index contributed by atoms with van der Waals surface area (Å²) in [5.41, 5.74) is 0.0800. The molecule has 4 heteroatoms. The summed E-state index contributed by atoms with van der Waals surface area (Å²) in [7, 11) is 0. The van der Waals surface area contributed by atoms with Gasteiger partial charge in [-0.15, -0.1) is 0 Å². The fourth-order valence-electron chi connectivity index (χ4n) is 2.59. The van der Waals surface area contributed by atoms with Crippen LogP contribution in [0.15, 0.2) is 0 Å². The average molecular weight is 227 g/mol. The molecule has 1 atom stereocenters. The molecule has 1 saturated carbocycles. The SMILES string of the molecule is CCC1COCCN1CC1(CC(=O)O)CC1. The normalized spacial score (nSPS) is 28.9. The summed E-state index contributed by atoms with van der Waals surface area (Å²) in [5, 5.41) is 8.90. The molecule has 0 spiro atoms. The maximum absolute atomic E-state index is 10.8. The molecule has 0 bridgehead atoms. The number of aliphatic carboxylic acids is 1. The van der Waals surface area contributed by atoms with E-state index in [0.717, 1.165) is 45.6 Å². The Labute approximate surface area is 96.6 Å². The molecule has 1 aliphatic heterocycles. The maximum Gasteiger partial charge on any atom is 0.303 e. The van der Waals surface area contributed by atoms with Gasteiger partial charge in [0, 0.05) is 19.1 Å². The number of morpholine rings is 1. The van der Waals surface area contributed by atoms with Crippen LogP contribution in [-0.4, -0.2) is 48.3 Å². The van der Waals surface area contributed by atoms with Gasteiger partial charge in [-0.05, 0) is 24.7 Å². The lowest BCUT2D eigenvalue weighted by molar-refractivity contribution is -0.138. The van der Waals surface area contributed by atoms with Crippen molar-refractivity contribution in [3.63, 3.8) is 0 Å². The molecule has 1 N–H and O–H groups in total. The quantitative estimate of drug-likeness (QED) is 0.770. The first-order valence-corrected chi connectivity index (χ1v) is 6.19. The van der Waals surface area contributed by atoms with Crippen LogP contribution in [-0.2, 0) is 9.53 Å². The maximum atomic E-state index is 10.8. The van der Waals surface area contributed by atoms with Crippen LogP contribution >= 0.6 is 0 Å². The first kappa shape index (κ1) is 11.9. The van der Waals surface area contributed by atoms with Crippen LogP contribution in [0.2, 0.25) is 0 Å². The van der Waals surface area contributed by atoms with Gasteiger partial charge in [0.2, 0.25) is 0 Å². The molecule has 1 saturated heterocycles. The van der Waals surface area contributed by atoms with Crippen LogP contribution in [0.3, 0.4) is 0 Å². The van der Waals surface area contributed by atoms with Gasteiger partial charge in [0.25, 0.3) is 0 Å². The van der Waals surface area contributed by atoms with Crippen molar-refractivity contribution in [1.29, 1.82) is 0 Å². The molecule has 0 aromatic carbocycles. The van der Waals surface area contributed by atoms with Gasteiger partial charge in [0.05, 0.1) is 19.6 Å². The number of hydrogen-bond donors (Lipinski definition) is 1. The zero-order valence-electron chi connectivity index (χ0n) is 9.95. The molecular weight excluding hydrogens is 206 g/mol. The lowest BCUT2D eigenvalue weighted by Gasteiger charge is -2.37. The largest absolute Gasteiger partial charge is 0.481 e. The second-order valence-electron chi connectivity index (χ2n) is 5.18. The van der Waals surface area contributed by atoms with Gasteiger partial charge in [0.15, 0.2) is 0 Å². The van der Waals surface area contributed by atoms with Gasteiger partial charge in [-0.3, -0.25) is 9.69 Å². The van der Waals surface area contributed by atoms with Crippen LogP contribution in [0.4, 0.5) is 0 Å². The zero-order valence-corrected chi connectivity index (χ0v) is 9.95. The number of rotatable bonds is 5. The standard InChI is InChI=1S/C12H21NO3/c1-2-10-8-16-6-5-13(10)9-12(3-4-12)7-11(14)15/h10H,2-9H2,1H3,(H,14,15). The van der Waals surface area contributed by atoms with E-state index < -0.39 is 5.97 Å². The zero-order chi connectivity index (χ0) is 11.6. The van der Waals surface area contributed by atoms with Crippen LogP contribution in [0.5, 0.6) is 0 Å². The fraction of sp³-hybridized carbons (Fsp3) is 0.917. The number of carbonyl (C=O) groups is 1. The Morgan fingerprint density at radius 1 is 1.56 bits per heavy atom. The van der Waals surface area contributed by atoms with Crippen molar-refractivity contribution >= 4 is 5.97 Å². The molecule has 2 aliphatic rings. The van der Waals surface area contributed by atoms with Gasteiger partial charge < -0.3 is 9.84 Å². The van der Waals surface area contributed by atoms with E-state index in [4.69, 9.17) is 9.84 Å². The number of ether oxygens (including phenoxy) is 1. The Bertz CT molecular complexity index is 263. The highest BCUT2D eigenvalue weighted by Crippen LogP contribution is 2.49. The topological polar surface area (TPSA) is 49.8 Å². The summed E-state index contributed by atoms with van der Waals surface area (Å²) < 4.78 is 5.46. The molecule has 0 aromatic rings. The lowest BCUT2D eigenvalue weighted by atomic mass is 10.00. The van der Waals surface area contributed by atoms with Crippen LogP contribution in [0, 0.1) is 5.41 Å². The van der Waals surface area contributed by atoms with Crippen molar-refractivity contribution in [2.24, 2.45) is 5.41 Å². The van der Waals surface area contributed by atoms with Gasteiger partial charge in [-0.1, -0.05) is 6.92 Å². The number of nitrogens with zero attached hydrogens (tertiary/aromatic N) is 1. The Kier molecular flexibility index (Phi) is 3.50. The van der Waals surface area contributed by atoms with Gasteiger partial charge in [-0.25, -0.2) is 0 Å². The minimum absolute atomic E-state index is 0.0800. The highest BCUT2D eigenvalue weighted by Gasteiger charge is 2.46. The van der Waals surface area contributed by atoms with E-state index in [2.05, 4.69) is 11.8 Å². The van der Waals surface area contributed by atoms with Crippen molar-refractivity contribution in [3.8, 4) is 0 Å². The first-order valence-electron chi connectivity index (χ1n) is 6.19. The first-order chi connectivity index (χ1) is 7.65. The number of carboxylic acids is 1. The molecule has 0 aromatic heterocycles. The van der Waals surface area contributed by atoms with E-state index in [0.29, 0.717) is 12.5 Å². The van der Waals surface area contributed by atoms with E-state index in [1.54, 1.807) is 0 Å². The highest BCUT2D eigenvalue weighted by molar-refractivity contribution is 5.68. The number of carboxylic acid groups (broad SMARTS) is 1. The molecule has 1 aliphatic carbocycles. The summed E-state index contributed by atoms with van der Waals surface area (Å²) in [6.07, 6.45) is 3.57. The minimum Gasteiger partial charge on any atom is -0.481 e. The molecule has 2 fully saturated rings. The van der Waals surface area contributed by atoms with Crippen LogP contribution in [0.1, 0.15) is 32.6 Å². The molecule has 1 unspecified atom stereocenters. The van der Waals surface area contributed by atoms with Crippen LogP contribution in [0.25, 0.3) is 0 Å². The summed E-state index contributed by atoms with van der Waals surface area (Å²) in [5.74, 6) is -0.654. The molecule has 92 valence electrons. The third-order valence-electron chi connectivity index (χ3n) is 3.84. The number of hydrogen-bond acceptors (Lipinski definition) is 3. The van der Waals surface area contributed by atoms with Crippen molar-refractivity contribution < 1.29 is 14.6 Å². The van der Waals surface area contributed by atoms with Crippen molar-refractivity contribution in [2.75, 3.05) is 26.3 Å². The Balaban J connectivity index is 1.89. The molecule has 0 radical (unpaired) electrons. The van der Waals surface area contributed by atoms with E-state index >= 15 is 0 Å². The minimum atomic E-state index is -0.654. The third-order valence-corrected chi connectivity index (χ3v) is 3.84. The van der Waals surface area contributed by atoms with Crippen molar-refractivity contribution in [1.82, 2.24) is 4.90 Å².